The van der Waals surface area contributed by atoms with Crippen molar-refractivity contribution in [1.82, 2.24) is 0 Å². The molecule has 0 amide bonds. The van der Waals surface area contributed by atoms with Crippen molar-refractivity contribution in [2.75, 3.05) is 23.9 Å². The Morgan fingerprint density at radius 3 is 2.47 bits per heavy atom. The summed E-state index contributed by atoms with van der Waals surface area (Å²) >= 11 is -0.125. The molecular formula is C9H15F3O3S2. The molecule has 1 heterocycles. The summed E-state index contributed by atoms with van der Waals surface area (Å²) in [6.07, 6.45) is 0.644. The van der Waals surface area contributed by atoms with Gasteiger partial charge in [0.05, 0.1) is 11.5 Å². The van der Waals surface area contributed by atoms with Crippen LogP contribution in [0.1, 0.15) is 12.8 Å². The molecule has 8 heteroatoms. The van der Waals surface area contributed by atoms with E-state index in [2.05, 4.69) is 0 Å². The first kappa shape index (κ1) is 15.1. The molecule has 1 rings (SSSR count). The van der Waals surface area contributed by atoms with Gasteiger partial charge in [-0.1, -0.05) is 11.8 Å². The van der Waals surface area contributed by atoms with Crippen molar-refractivity contribution >= 4 is 21.6 Å². The summed E-state index contributed by atoms with van der Waals surface area (Å²) in [4.78, 5) is 0. The summed E-state index contributed by atoms with van der Waals surface area (Å²) in [5, 5.41) is 9.10. The van der Waals surface area contributed by atoms with Gasteiger partial charge < -0.3 is 5.11 Å². The Hall–Kier alpha value is 0.0500. The fourth-order valence-corrected chi connectivity index (χ4v) is 4.57. The zero-order valence-electron chi connectivity index (χ0n) is 9.11. The van der Waals surface area contributed by atoms with Crippen LogP contribution < -0.4 is 0 Å². The second-order valence-corrected chi connectivity index (χ2v) is 7.58. The van der Waals surface area contributed by atoms with E-state index in [1.54, 1.807) is 0 Å². The number of halogens is 3. The second-order valence-electron chi connectivity index (χ2n) is 4.19. The molecule has 1 aliphatic heterocycles. The molecule has 1 fully saturated rings. The van der Waals surface area contributed by atoms with Crippen LogP contribution in [0.5, 0.6) is 0 Å². The highest BCUT2D eigenvalue weighted by Crippen LogP contribution is 2.34. The molecule has 2 unspecified atom stereocenters. The number of hydrogen-bond acceptors (Lipinski definition) is 4. The Morgan fingerprint density at radius 1 is 1.41 bits per heavy atom. The third-order valence-electron chi connectivity index (χ3n) is 2.92. The van der Waals surface area contributed by atoms with Gasteiger partial charge in [-0.3, -0.25) is 0 Å². The highest BCUT2D eigenvalue weighted by Gasteiger charge is 2.34. The monoisotopic (exact) mass is 292 g/mol. The Kier molecular flexibility index (Phi) is 5.15. The second kappa shape index (κ2) is 5.79. The first-order valence-corrected chi connectivity index (χ1v) is 8.06. The molecule has 0 aromatic heterocycles. The molecule has 0 aromatic carbocycles. The topological polar surface area (TPSA) is 54.4 Å². The van der Waals surface area contributed by atoms with Crippen LogP contribution >= 0.6 is 11.8 Å². The maximum atomic E-state index is 11.9. The van der Waals surface area contributed by atoms with Gasteiger partial charge in [0.25, 0.3) is 0 Å². The van der Waals surface area contributed by atoms with Gasteiger partial charge >= 0.3 is 5.51 Å². The lowest BCUT2D eigenvalue weighted by atomic mass is 9.90. The van der Waals surface area contributed by atoms with Gasteiger partial charge in [-0.15, -0.1) is 0 Å². The summed E-state index contributed by atoms with van der Waals surface area (Å²) < 4.78 is 58.2. The van der Waals surface area contributed by atoms with Crippen molar-refractivity contribution in [2.24, 2.45) is 11.8 Å². The first-order chi connectivity index (χ1) is 7.73. The predicted octanol–water partition coefficient (Wildman–Crippen LogP) is 1.67. The van der Waals surface area contributed by atoms with Gasteiger partial charge in [0.2, 0.25) is 0 Å². The van der Waals surface area contributed by atoms with Crippen LogP contribution in [0.4, 0.5) is 13.2 Å². The summed E-state index contributed by atoms with van der Waals surface area (Å²) in [6, 6.07) is 0. The molecule has 0 radical (unpaired) electrons. The van der Waals surface area contributed by atoms with E-state index >= 15 is 0 Å². The van der Waals surface area contributed by atoms with Crippen molar-refractivity contribution in [3.63, 3.8) is 0 Å². The van der Waals surface area contributed by atoms with Gasteiger partial charge in [-0.05, 0) is 24.7 Å². The Morgan fingerprint density at radius 2 is 2.06 bits per heavy atom. The number of sulfone groups is 1. The summed E-state index contributed by atoms with van der Waals surface area (Å²) in [5.74, 6) is -0.596. The lowest BCUT2D eigenvalue weighted by molar-refractivity contribution is -0.0329. The van der Waals surface area contributed by atoms with E-state index in [1.807, 2.05) is 0 Å². The minimum atomic E-state index is -4.26. The predicted molar refractivity (Wildman–Crippen MR) is 60.5 cm³/mol. The van der Waals surface area contributed by atoms with E-state index in [-0.39, 0.29) is 53.9 Å². The van der Waals surface area contributed by atoms with Crippen LogP contribution in [-0.4, -0.2) is 42.9 Å². The van der Waals surface area contributed by atoms with E-state index < -0.39 is 15.3 Å². The third-order valence-corrected chi connectivity index (χ3v) is 5.48. The fraction of sp³-hybridized carbons (Fsp3) is 1.00. The summed E-state index contributed by atoms with van der Waals surface area (Å²) in [6.45, 7) is -0.251. The van der Waals surface area contributed by atoms with E-state index in [9.17, 15) is 21.6 Å². The minimum absolute atomic E-state index is 0.00505. The third kappa shape index (κ3) is 5.48. The molecule has 0 aromatic rings. The van der Waals surface area contributed by atoms with Gasteiger partial charge in [-0.25, -0.2) is 8.42 Å². The smallest absolute Gasteiger partial charge is 0.396 e. The maximum absolute atomic E-state index is 11.9. The molecule has 1 aliphatic rings. The summed E-state index contributed by atoms with van der Waals surface area (Å²) in [7, 11) is -3.04. The molecule has 0 aliphatic carbocycles. The van der Waals surface area contributed by atoms with Gasteiger partial charge in [0.15, 0.2) is 9.84 Å². The van der Waals surface area contributed by atoms with Crippen LogP contribution in [0.15, 0.2) is 0 Å². The molecule has 2 atom stereocenters. The number of aliphatic hydroxyl groups excluding tert-OH is 1. The average molecular weight is 292 g/mol. The number of hydrogen-bond donors (Lipinski definition) is 1. The largest absolute Gasteiger partial charge is 0.441 e. The average Bonchev–Trinajstić information content (AvgIpc) is 2.52. The number of alkyl halides is 3. The molecule has 1 N–H and O–H groups in total. The minimum Gasteiger partial charge on any atom is -0.396 e. The van der Waals surface area contributed by atoms with E-state index in [1.165, 1.54) is 0 Å². The van der Waals surface area contributed by atoms with Crippen LogP contribution in [0.25, 0.3) is 0 Å². The zero-order chi connectivity index (χ0) is 13.1. The van der Waals surface area contributed by atoms with Crippen LogP contribution in [0, 0.1) is 11.8 Å². The van der Waals surface area contributed by atoms with Crippen LogP contribution in [0.3, 0.4) is 0 Å². The maximum Gasteiger partial charge on any atom is 0.441 e. The van der Waals surface area contributed by atoms with E-state index in [4.69, 9.17) is 5.11 Å². The lowest BCUT2D eigenvalue weighted by Gasteiger charge is -2.20. The van der Waals surface area contributed by atoms with E-state index in [0.717, 1.165) is 0 Å². The van der Waals surface area contributed by atoms with Gasteiger partial charge in [-0.2, -0.15) is 13.2 Å². The van der Waals surface area contributed by atoms with E-state index in [0.29, 0.717) is 6.42 Å². The highest BCUT2D eigenvalue weighted by molar-refractivity contribution is 8.00. The summed E-state index contributed by atoms with van der Waals surface area (Å²) in [5.41, 5.74) is -4.26. The molecular weight excluding hydrogens is 277 g/mol. The normalized spacial score (nSPS) is 26.0. The van der Waals surface area contributed by atoms with Crippen LogP contribution in [0.2, 0.25) is 0 Å². The van der Waals surface area contributed by atoms with Crippen molar-refractivity contribution in [3.8, 4) is 0 Å². The van der Waals surface area contributed by atoms with Crippen molar-refractivity contribution in [1.29, 1.82) is 0 Å². The van der Waals surface area contributed by atoms with Crippen molar-refractivity contribution < 1.29 is 26.7 Å². The molecule has 102 valence electrons. The van der Waals surface area contributed by atoms with Gasteiger partial charge in [0, 0.05) is 12.4 Å². The molecule has 1 saturated heterocycles. The zero-order valence-corrected chi connectivity index (χ0v) is 10.7. The standard InChI is InChI=1S/C9H15F3O3S2/c10-9(11,12)16-3-1-7(5-13)8-2-4-17(14,15)6-8/h7-8,13H,1-6H2. The fourth-order valence-electron chi connectivity index (χ4n) is 2.00. The molecule has 0 spiro atoms. The SMILES string of the molecule is O=S1(=O)CCC(C(CO)CCSC(F)(F)F)C1. The quantitative estimate of drug-likeness (QED) is 0.837. The van der Waals surface area contributed by atoms with Gasteiger partial charge in [0.1, 0.15) is 0 Å². The van der Waals surface area contributed by atoms with Crippen LogP contribution in [-0.2, 0) is 9.84 Å². The highest BCUT2D eigenvalue weighted by atomic mass is 32.2. The first-order valence-electron chi connectivity index (χ1n) is 5.25. The molecule has 3 nitrogen and oxygen atoms in total. The Labute approximate surface area is 103 Å². The molecule has 0 bridgehead atoms. The van der Waals surface area contributed by atoms with Crippen molar-refractivity contribution in [2.45, 2.75) is 18.3 Å². The number of aliphatic hydroxyl groups is 1. The number of rotatable bonds is 5. The Bertz CT molecular complexity index is 340. The molecule has 0 saturated carbocycles. The Balaban J connectivity index is 2.39. The lowest BCUT2D eigenvalue weighted by Crippen LogP contribution is -2.21. The molecule has 17 heavy (non-hydrogen) atoms. The van der Waals surface area contributed by atoms with Crippen molar-refractivity contribution in [3.05, 3.63) is 0 Å². The number of thioether (sulfide) groups is 1.